The van der Waals surface area contributed by atoms with Gasteiger partial charge in [0.25, 0.3) is 0 Å². The van der Waals surface area contributed by atoms with E-state index in [1.807, 2.05) is 35.7 Å². The van der Waals surface area contributed by atoms with E-state index in [-0.39, 0.29) is 5.60 Å². The molecule has 0 unspecified atom stereocenters. The first-order valence-electron chi connectivity index (χ1n) is 8.93. The van der Waals surface area contributed by atoms with Crippen LogP contribution < -0.4 is 5.32 Å². The van der Waals surface area contributed by atoms with Crippen molar-refractivity contribution in [2.45, 2.75) is 18.6 Å². The zero-order chi connectivity index (χ0) is 17.0. The second-order valence-electron chi connectivity index (χ2n) is 7.00. The van der Waals surface area contributed by atoms with Gasteiger partial charge in [-0.25, -0.2) is 4.98 Å². The van der Waals surface area contributed by atoms with Crippen LogP contribution in [0.4, 0.5) is 5.82 Å². The molecule has 2 fully saturated rings. The van der Waals surface area contributed by atoms with Crippen molar-refractivity contribution in [3.8, 4) is 0 Å². The molecule has 5 nitrogen and oxygen atoms in total. The highest BCUT2D eigenvalue weighted by Gasteiger charge is 2.43. The number of thiophene rings is 1. The Balaban J connectivity index is 1.34. The quantitative estimate of drug-likeness (QED) is 0.889. The van der Waals surface area contributed by atoms with Crippen molar-refractivity contribution in [3.05, 3.63) is 46.8 Å². The van der Waals surface area contributed by atoms with Gasteiger partial charge in [0, 0.05) is 43.2 Å². The molecule has 2 aliphatic heterocycles. The van der Waals surface area contributed by atoms with Crippen molar-refractivity contribution in [3.63, 3.8) is 0 Å². The molecule has 1 N–H and O–H groups in total. The van der Waals surface area contributed by atoms with Gasteiger partial charge in [-0.15, -0.1) is 11.3 Å². The van der Waals surface area contributed by atoms with E-state index in [4.69, 9.17) is 9.47 Å². The van der Waals surface area contributed by atoms with Gasteiger partial charge in [-0.1, -0.05) is 12.1 Å². The molecular formula is C19H25N3O2S. The van der Waals surface area contributed by atoms with Crippen molar-refractivity contribution in [2.75, 3.05) is 44.8 Å². The molecule has 0 aromatic carbocycles. The Hall–Kier alpha value is -1.47. The average Bonchev–Trinajstić information content (AvgIpc) is 3.23. The first kappa shape index (κ1) is 17.0. The Kier molecular flexibility index (Phi) is 5.31. The van der Waals surface area contributed by atoms with Gasteiger partial charge in [0.2, 0.25) is 0 Å². The summed E-state index contributed by atoms with van der Waals surface area (Å²) in [5.74, 6) is 1.42. The fourth-order valence-corrected chi connectivity index (χ4v) is 4.48. The molecule has 25 heavy (non-hydrogen) atoms. The van der Waals surface area contributed by atoms with Crippen LogP contribution >= 0.6 is 11.3 Å². The van der Waals surface area contributed by atoms with E-state index in [2.05, 4.69) is 32.7 Å². The largest absolute Gasteiger partial charge is 0.377 e. The third-order valence-corrected chi connectivity index (χ3v) is 5.77. The first-order valence-corrected chi connectivity index (χ1v) is 9.81. The van der Waals surface area contributed by atoms with Crippen LogP contribution in [0.5, 0.6) is 0 Å². The lowest BCUT2D eigenvalue weighted by atomic mass is 9.94. The minimum absolute atomic E-state index is 0.162. The molecule has 2 aliphatic rings. The maximum Gasteiger partial charge on any atom is 0.125 e. The second kappa shape index (κ2) is 7.83. The molecule has 0 radical (unpaired) electrons. The number of rotatable bonds is 5. The molecule has 6 heteroatoms. The van der Waals surface area contributed by atoms with E-state index in [1.165, 1.54) is 4.88 Å². The van der Waals surface area contributed by atoms with Crippen molar-refractivity contribution < 1.29 is 9.47 Å². The van der Waals surface area contributed by atoms with Gasteiger partial charge in [0.15, 0.2) is 0 Å². The maximum absolute atomic E-state index is 6.29. The molecule has 2 atom stereocenters. The van der Waals surface area contributed by atoms with Crippen LogP contribution in [0.1, 0.15) is 11.3 Å². The summed E-state index contributed by atoms with van der Waals surface area (Å²) >= 11 is 1.82. The number of pyridine rings is 1. The van der Waals surface area contributed by atoms with E-state index >= 15 is 0 Å². The number of nitrogens with one attached hydrogen (secondary N) is 1. The van der Waals surface area contributed by atoms with Crippen molar-refractivity contribution in [1.29, 1.82) is 0 Å². The Bertz CT molecular complexity index is 652. The third-order valence-electron chi connectivity index (χ3n) is 4.91. The van der Waals surface area contributed by atoms with Crippen LogP contribution in [0, 0.1) is 5.92 Å². The Morgan fingerprint density at radius 2 is 2.32 bits per heavy atom. The standard InChI is InChI=1S/C19H25N3O2S/c1-2-6-20-18(5-1)21-11-16-10-19(24-13-16)14-22(7-8-23-15-19)12-17-4-3-9-25-17/h1-6,9,16H,7-8,10-15H2,(H,20,21)/t16-,19+/m0/s1. The number of nitrogens with zero attached hydrogens (tertiary/aromatic N) is 2. The lowest BCUT2D eigenvalue weighted by Crippen LogP contribution is -2.43. The van der Waals surface area contributed by atoms with E-state index in [9.17, 15) is 0 Å². The molecule has 134 valence electrons. The van der Waals surface area contributed by atoms with Crippen LogP contribution in [0.2, 0.25) is 0 Å². The molecule has 2 aromatic rings. The predicted octanol–water partition coefficient (Wildman–Crippen LogP) is 2.86. The average molecular weight is 359 g/mol. The van der Waals surface area contributed by atoms with Crippen molar-refractivity contribution >= 4 is 17.2 Å². The highest BCUT2D eigenvalue weighted by atomic mass is 32.1. The van der Waals surface area contributed by atoms with Gasteiger partial charge < -0.3 is 14.8 Å². The van der Waals surface area contributed by atoms with E-state index < -0.39 is 0 Å². The van der Waals surface area contributed by atoms with Gasteiger partial charge in [0.05, 0.1) is 19.8 Å². The van der Waals surface area contributed by atoms with Crippen LogP contribution in [0.3, 0.4) is 0 Å². The Morgan fingerprint density at radius 3 is 3.16 bits per heavy atom. The van der Waals surface area contributed by atoms with E-state index in [1.54, 1.807) is 0 Å². The van der Waals surface area contributed by atoms with Crippen LogP contribution in [0.25, 0.3) is 0 Å². The topological polar surface area (TPSA) is 46.6 Å². The van der Waals surface area contributed by atoms with Gasteiger partial charge >= 0.3 is 0 Å². The van der Waals surface area contributed by atoms with Crippen LogP contribution in [-0.4, -0.2) is 54.9 Å². The maximum atomic E-state index is 6.29. The summed E-state index contributed by atoms with van der Waals surface area (Å²) in [5, 5.41) is 5.57. The molecule has 0 bridgehead atoms. The van der Waals surface area contributed by atoms with Crippen molar-refractivity contribution in [1.82, 2.24) is 9.88 Å². The fourth-order valence-electron chi connectivity index (χ4n) is 3.74. The minimum Gasteiger partial charge on any atom is -0.377 e. The molecule has 0 amide bonds. The number of hydrogen-bond acceptors (Lipinski definition) is 6. The third kappa shape index (κ3) is 4.39. The molecule has 2 aromatic heterocycles. The Labute approximate surface area is 153 Å². The van der Waals surface area contributed by atoms with Crippen LogP contribution in [-0.2, 0) is 16.0 Å². The SMILES string of the molecule is c1ccc(NC[C@H]2CO[C@]3(COCCN(Cc4cccs4)C3)C2)nc1. The summed E-state index contributed by atoms with van der Waals surface area (Å²) in [5.41, 5.74) is -0.162. The molecular weight excluding hydrogens is 334 g/mol. The minimum atomic E-state index is -0.162. The molecule has 1 spiro atoms. The molecule has 4 rings (SSSR count). The highest BCUT2D eigenvalue weighted by molar-refractivity contribution is 7.09. The predicted molar refractivity (Wildman–Crippen MR) is 99.9 cm³/mol. The molecule has 0 saturated carbocycles. The highest BCUT2D eigenvalue weighted by Crippen LogP contribution is 2.33. The first-order chi connectivity index (χ1) is 12.3. The van der Waals surface area contributed by atoms with Gasteiger partial charge in [-0.2, -0.15) is 0 Å². The fraction of sp³-hybridized carbons (Fsp3) is 0.526. The number of anilines is 1. The smallest absolute Gasteiger partial charge is 0.125 e. The lowest BCUT2D eigenvalue weighted by Gasteiger charge is -2.31. The molecule has 4 heterocycles. The summed E-state index contributed by atoms with van der Waals surface area (Å²) in [4.78, 5) is 8.21. The van der Waals surface area contributed by atoms with Crippen LogP contribution in [0.15, 0.2) is 41.9 Å². The second-order valence-corrected chi connectivity index (χ2v) is 8.03. The van der Waals surface area contributed by atoms with E-state index in [0.717, 1.165) is 51.6 Å². The molecule has 2 saturated heterocycles. The zero-order valence-electron chi connectivity index (χ0n) is 14.4. The van der Waals surface area contributed by atoms with E-state index in [0.29, 0.717) is 12.5 Å². The summed E-state index contributed by atoms with van der Waals surface area (Å²) in [6.45, 7) is 6.08. The number of aromatic nitrogens is 1. The lowest BCUT2D eigenvalue weighted by molar-refractivity contribution is -0.0561. The van der Waals surface area contributed by atoms with Gasteiger partial charge in [-0.05, 0) is 30.0 Å². The summed E-state index contributed by atoms with van der Waals surface area (Å²) in [6.07, 6.45) is 2.85. The molecule has 0 aliphatic carbocycles. The zero-order valence-corrected chi connectivity index (χ0v) is 15.2. The van der Waals surface area contributed by atoms with Crippen molar-refractivity contribution in [2.24, 2.45) is 5.92 Å². The Morgan fingerprint density at radius 1 is 1.32 bits per heavy atom. The monoisotopic (exact) mass is 359 g/mol. The normalized spacial score (nSPS) is 27.4. The summed E-state index contributed by atoms with van der Waals surface area (Å²) < 4.78 is 12.2. The number of hydrogen-bond donors (Lipinski definition) is 1. The summed E-state index contributed by atoms with van der Waals surface area (Å²) in [7, 11) is 0. The van der Waals surface area contributed by atoms with Gasteiger partial charge in [-0.3, -0.25) is 4.90 Å². The van der Waals surface area contributed by atoms with Gasteiger partial charge in [0.1, 0.15) is 11.4 Å². The number of ether oxygens (including phenoxy) is 2. The summed E-state index contributed by atoms with van der Waals surface area (Å²) in [6, 6.07) is 10.3.